The molecule has 3 amide bonds. The molecule has 0 aliphatic carbocycles. The number of carbonyl (C=O) groups excluding carboxylic acids is 2. The number of hydrogen-bond donors (Lipinski definition) is 2. The molecule has 0 unspecified atom stereocenters. The number of benzene rings is 1. The molecule has 0 saturated carbocycles. The van der Waals surface area contributed by atoms with Crippen LogP contribution in [0.2, 0.25) is 0 Å². The molecule has 0 spiro atoms. The van der Waals surface area contributed by atoms with Gasteiger partial charge in [-0.25, -0.2) is 9.78 Å². The van der Waals surface area contributed by atoms with Crippen molar-refractivity contribution in [2.24, 2.45) is 7.05 Å². The minimum Gasteiger partial charge on any atom is -0.494 e. The van der Waals surface area contributed by atoms with E-state index in [0.717, 1.165) is 0 Å². The van der Waals surface area contributed by atoms with Gasteiger partial charge in [0.15, 0.2) is 23.1 Å². The van der Waals surface area contributed by atoms with E-state index in [1.807, 2.05) is 26.0 Å². The number of anilines is 3. The van der Waals surface area contributed by atoms with E-state index in [-0.39, 0.29) is 17.8 Å². The van der Waals surface area contributed by atoms with Gasteiger partial charge in [-0.05, 0) is 26.0 Å². The molecule has 2 N–H and O–H groups in total. The number of ether oxygens (including phenoxy) is 1. The van der Waals surface area contributed by atoms with Crippen LogP contribution in [0.4, 0.5) is 22.0 Å². The predicted octanol–water partition coefficient (Wildman–Crippen LogP) is 2.03. The molecule has 0 radical (unpaired) electrons. The van der Waals surface area contributed by atoms with Crippen molar-refractivity contribution in [1.29, 1.82) is 0 Å². The number of amides is 3. The molecule has 1 saturated heterocycles. The summed E-state index contributed by atoms with van der Waals surface area (Å²) in [5.41, 5.74) is 1.72. The topological polar surface area (TPSA) is 130 Å². The van der Waals surface area contributed by atoms with E-state index in [0.29, 0.717) is 47.4 Å². The average Bonchev–Trinajstić information content (AvgIpc) is 3.43. The van der Waals surface area contributed by atoms with Crippen LogP contribution in [-0.2, 0) is 7.05 Å². The summed E-state index contributed by atoms with van der Waals surface area (Å²) in [7, 11) is 4.84. The lowest BCUT2D eigenvalue weighted by Gasteiger charge is -2.21. The number of nitrogens with one attached hydrogen (secondary N) is 2. The van der Waals surface area contributed by atoms with Gasteiger partial charge in [0, 0.05) is 39.3 Å². The smallest absolute Gasteiger partial charge is 0.326 e. The molecule has 0 atom stereocenters. The summed E-state index contributed by atoms with van der Waals surface area (Å²) in [6.45, 7) is 4.99. The number of aryl methyl sites for hydroxylation is 1. The van der Waals surface area contributed by atoms with Gasteiger partial charge >= 0.3 is 6.03 Å². The van der Waals surface area contributed by atoms with Gasteiger partial charge in [-0.3, -0.25) is 14.4 Å². The van der Waals surface area contributed by atoms with Crippen LogP contribution in [0.5, 0.6) is 5.75 Å². The van der Waals surface area contributed by atoms with Crippen LogP contribution in [0.3, 0.4) is 0 Å². The standard InChI is InChI=1S/C22H27N9O3/c1-13(2)30-9-10-31(22(30)33)17-11-16(18(27-26-17)21(32)23-3)25-15-8-6-7-14(19(15)34-5)20-24-12-29(4)28-20/h6-8,11-13H,9-10H2,1-5H3,(H,23,32)(H,25,26). The number of carbonyl (C=O) groups is 2. The Morgan fingerprint density at radius 2 is 1.97 bits per heavy atom. The molecule has 3 aromatic rings. The second-order valence-electron chi connectivity index (χ2n) is 8.02. The Morgan fingerprint density at radius 3 is 2.59 bits per heavy atom. The predicted molar refractivity (Wildman–Crippen MR) is 126 cm³/mol. The molecule has 1 fully saturated rings. The summed E-state index contributed by atoms with van der Waals surface area (Å²) in [5.74, 6) is 0.932. The number of methoxy groups -OCH3 is 1. The molecule has 4 rings (SSSR count). The Hall–Kier alpha value is -4.22. The third-order valence-electron chi connectivity index (χ3n) is 5.49. The SMILES string of the molecule is CNC(=O)c1nnc(N2CCN(C(C)C)C2=O)cc1Nc1cccc(-c2ncn(C)n2)c1OC. The van der Waals surface area contributed by atoms with E-state index in [1.54, 1.807) is 47.1 Å². The van der Waals surface area contributed by atoms with Crippen LogP contribution >= 0.6 is 0 Å². The second-order valence-corrected chi connectivity index (χ2v) is 8.02. The van der Waals surface area contributed by atoms with E-state index in [9.17, 15) is 9.59 Å². The lowest BCUT2D eigenvalue weighted by atomic mass is 10.1. The number of urea groups is 1. The Balaban J connectivity index is 1.74. The molecule has 12 nitrogen and oxygen atoms in total. The lowest BCUT2D eigenvalue weighted by molar-refractivity contribution is 0.0958. The van der Waals surface area contributed by atoms with Crippen LogP contribution < -0.4 is 20.3 Å². The van der Waals surface area contributed by atoms with Gasteiger partial charge in [0.2, 0.25) is 0 Å². The molecule has 0 bridgehead atoms. The van der Waals surface area contributed by atoms with Crippen LogP contribution in [-0.4, -0.2) is 75.1 Å². The third-order valence-corrected chi connectivity index (χ3v) is 5.49. The highest BCUT2D eigenvalue weighted by atomic mass is 16.5. The summed E-state index contributed by atoms with van der Waals surface area (Å²) in [5, 5.41) is 18.4. The normalized spacial score (nSPS) is 13.5. The van der Waals surface area contributed by atoms with Crippen molar-refractivity contribution in [3.8, 4) is 17.1 Å². The Bertz CT molecular complexity index is 1220. The third kappa shape index (κ3) is 4.21. The van der Waals surface area contributed by atoms with Crippen molar-refractivity contribution in [2.75, 3.05) is 37.5 Å². The van der Waals surface area contributed by atoms with Crippen LogP contribution in [0.1, 0.15) is 24.3 Å². The van der Waals surface area contributed by atoms with Gasteiger partial charge in [-0.1, -0.05) is 6.07 Å². The van der Waals surface area contributed by atoms with Crippen molar-refractivity contribution in [2.45, 2.75) is 19.9 Å². The fourth-order valence-electron chi connectivity index (χ4n) is 3.78. The van der Waals surface area contributed by atoms with Crippen molar-refractivity contribution in [3.05, 3.63) is 36.3 Å². The van der Waals surface area contributed by atoms with E-state index in [2.05, 4.69) is 30.9 Å². The van der Waals surface area contributed by atoms with E-state index < -0.39 is 5.91 Å². The molecule has 178 valence electrons. The molecule has 34 heavy (non-hydrogen) atoms. The molecule has 1 aliphatic rings. The first-order chi connectivity index (χ1) is 16.3. The van der Waals surface area contributed by atoms with Gasteiger partial charge in [0.05, 0.1) is 24.0 Å². The van der Waals surface area contributed by atoms with Gasteiger partial charge in [0.25, 0.3) is 5.91 Å². The first kappa shape index (κ1) is 23.0. The zero-order valence-electron chi connectivity index (χ0n) is 19.7. The minimum atomic E-state index is -0.417. The molecule has 3 heterocycles. The molecule has 1 aromatic carbocycles. The maximum Gasteiger partial charge on any atom is 0.326 e. The first-order valence-electron chi connectivity index (χ1n) is 10.8. The molecule has 12 heteroatoms. The number of para-hydroxylation sites is 1. The fraction of sp³-hybridized carbons (Fsp3) is 0.364. The quantitative estimate of drug-likeness (QED) is 0.542. The van der Waals surface area contributed by atoms with E-state index in [4.69, 9.17) is 4.74 Å². The average molecular weight is 466 g/mol. The Morgan fingerprint density at radius 1 is 1.18 bits per heavy atom. The number of rotatable bonds is 7. The summed E-state index contributed by atoms with van der Waals surface area (Å²) in [6.07, 6.45) is 1.60. The minimum absolute atomic E-state index is 0.0698. The van der Waals surface area contributed by atoms with Gasteiger partial charge in [0.1, 0.15) is 6.33 Å². The summed E-state index contributed by atoms with van der Waals surface area (Å²) in [4.78, 5) is 33.0. The molecule has 1 aliphatic heterocycles. The number of aromatic nitrogens is 5. The van der Waals surface area contributed by atoms with Gasteiger partial charge in [-0.15, -0.1) is 10.2 Å². The second kappa shape index (κ2) is 9.33. The summed E-state index contributed by atoms with van der Waals surface area (Å²) in [6, 6.07) is 7.05. The monoisotopic (exact) mass is 465 g/mol. The Kier molecular flexibility index (Phi) is 6.30. The van der Waals surface area contributed by atoms with Gasteiger partial charge in [-0.2, -0.15) is 5.10 Å². The molecular formula is C22H27N9O3. The summed E-state index contributed by atoms with van der Waals surface area (Å²) < 4.78 is 7.27. The maximum absolute atomic E-state index is 12.8. The van der Waals surface area contributed by atoms with E-state index in [1.165, 1.54) is 7.05 Å². The van der Waals surface area contributed by atoms with Crippen molar-refractivity contribution in [3.63, 3.8) is 0 Å². The zero-order valence-corrected chi connectivity index (χ0v) is 19.7. The largest absolute Gasteiger partial charge is 0.494 e. The van der Waals surface area contributed by atoms with Crippen LogP contribution in [0, 0.1) is 0 Å². The highest BCUT2D eigenvalue weighted by Gasteiger charge is 2.33. The zero-order chi connectivity index (χ0) is 24.4. The van der Waals surface area contributed by atoms with Crippen molar-refractivity contribution in [1.82, 2.24) is 35.2 Å². The van der Waals surface area contributed by atoms with E-state index >= 15 is 0 Å². The fourth-order valence-corrected chi connectivity index (χ4v) is 3.78. The first-order valence-corrected chi connectivity index (χ1v) is 10.8. The molecular weight excluding hydrogens is 438 g/mol. The van der Waals surface area contributed by atoms with Crippen molar-refractivity contribution >= 4 is 29.1 Å². The number of nitrogens with zero attached hydrogens (tertiary/aromatic N) is 7. The van der Waals surface area contributed by atoms with Crippen LogP contribution in [0.25, 0.3) is 11.4 Å². The van der Waals surface area contributed by atoms with Gasteiger partial charge < -0.3 is 20.3 Å². The Labute approximate surface area is 196 Å². The van der Waals surface area contributed by atoms with Crippen molar-refractivity contribution < 1.29 is 14.3 Å². The highest BCUT2D eigenvalue weighted by molar-refractivity contribution is 6.00. The molecule has 2 aromatic heterocycles. The van der Waals surface area contributed by atoms with Crippen LogP contribution in [0.15, 0.2) is 30.6 Å². The number of hydrogen-bond acceptors (Lipinski definition) is 8. The lowest BCUT2D eigenvalue weighted by Crippen LogP contribution is -2.36. The highest BCUT2D eigenvalue weighted by Crippen LogP contribution is 2.37. The summed E-state index contributed by atoms with van der Waals surface area (Å²) >= 11 is 0. The maximum atomic E-state index is 12.8.